The summed E-state index contributed by atoms with van der Waals surface area (Å²) < 4.78 is 31.0. The molecule has 0 aliphatic rings. The fraction of sp³-hybridized carbons (Fsp3) is 0.250. The van der Waals surface area contributed by atoms with Crippen molar-refractivity contribution in [3.8, 4) is 0 Å². The molecule has 3 rings (SSSR count). The van der Waals surface area contributed by atoms with E-state index < -0.39 is 10.0 Å². The molecule has 0 aliphatic heterocycles. The maximum Gasteiger partial charge on any atom is 0.265 e. The highest BCUT2D eigenvalue weighted by Gasteiger charge is 2.24. The minimum atomic E-state index is -3.77. The van der Waals surface area contributed by atoms with Crippen molar-refractivity contribution >= 4 is 38.9 Å². The van der Waals surface area contributed by atoms with Gasteiger partial charge in [-0.15, -0.1) is 0 Å². The SMILES string of the molecule is Cc1nn(C)c(C)c1S(=O)(=O)Nc1cnn(Cc2c(Cl)cccc2Cl)c1. The zero-order valence-corrected chi connectivity index (χ0v) is 16.7. The molecule has 2 heterocycles. The van der Waals surface area contributed by atoms with Crippen molar-refractivity contribution in [1.82, 2.24) is 19.6 Å². The Morgan fingerprint density at radius 2 is 1.85 bits per heavy atom. The Morgan fingerprint density at radius 1 is 1.19 bits per heavy atom. The number of rotatable bonds is 5. The van der Waals surface area contributed by atoms with Crippen molar-refractivity contribution in [2.75, 3.05) is 4.72 Å². The van der Waals surface area contributed by atoms with Crippen molar-refractivity contribution in [3.63, 3.8) is 0 Å². The Hall–Kier alpha value is -2.03. The number of halogens is 2. The van der Waals surface area contributed by atoms with E-state index in [-0.39, 0.29) is 4.90 Å². The topological polar surface area (TPSA) is 81.8 Å². The fourth-order valence-corrected chi connectivity index (χ4v) is 4.68. The van der Waals surface area contributed by atoms with Crippen LogP contribution < -0.4 is 4.72 Å². The number of benzene rings is 1. The molecule has 138 valence electrons. The highest BCUT2D eigenvalue weighted by Crippen LogP contribution is 2.26. The van der Waals surface area contributed by atoms with Gasteiger partial charge in [-0.1, -0.05) is 29.3 Å². The van der Waals surface area contributed by atoms with Gasteiger partial charge in [0.1, 0.15) is 4.90 Å². The van der Waals surface area contributed by atoms with Gasteiger partial charge in [-0.3, -0.25) is 14.1 Å². The second-order valence-electron chi connectivity index (χ2n) is 5.86. The summed E-state index contributed by atoms with van der Waals surface area (Å²) in [6.07, 6.45) is 3.02. The summed E-state index contributed by atoms with van der Waals surface area (Å²) in [6, 6.07) is 5.24. The third-order valence-corrected chi connectivity index (χ3v) is 6.32. The molecule has 3 aromatic rings. The highest BCUT2D eigenvalue weighted by molar-refractivity contribution is 7.92. The lowest BCUT2D eigenvalue weighted by atomic mass is 10.2. The summed E-state index contributed by atoms with van der Waals surface area (Å²) in [5.74, 6) is 0. The fourth-order valence-electron chi connectivity index (χ4n) is 2.70. The summed E-state index contributed by atoms with van der Waals surface area (Å²) >= 11 is 12.3. The average Bonchev–Trinajstić information content (AvgIpc) is 3.07. The van der Waals surface area contributed by atoms with Gasteiger partial charge >= 0.3 is 0 Å². The van der Waals surface area contributed by atoms with E-state index in [4.69, 9.17) is 23.2 Å². The van der Waals surface area contributed by atoms with Crippen LogP contribution in [0.4, 0.5) is 5.69 Å². The molecule has 0 fully saturated rings. The molecule has 0 unspecified atom stereocenters. The normalized spacial score (nSPS) is 11.7. The summed E-state index contributed by atoms with van der Waals surface area (Å²) in [7, 11) is -2.07. The highest BCUT2D eigenvalue weighted by atomic mass is 35.5. The van der Waals surface area contributed by atoms with E-state index in [1.54, 1.807) is 50.0 Å². The molecule has 0 atom stereocenters. The zero-order valence-electron chi connectivity index (χ0n) is 14.4. The van der Waals surface area contributed by atoms with Crippen molar-refractivity contribution in [1.29, 1.82) is 0 Å². The monoisotopic (exact) mass is 413 g/mol. The standard InChI is InChI=1S/C16H17Cl2N5O2S/c1-10-16(11(2)22(3)20-10)26(24,25)21-12-7-19-23(8-12)9-13-14(17)5-4-6-15(13)18/h4-8,21H,9H2,1-3H3. The van der Waals surface area contributed by atoms with E-state index >= 15 is 0 Å². The Labute approximate surface area is 161 Å². The van der Waals surface area contributed by atoms with Gasteiger partial charge in [-0.2, -0.15) is 10.2 Å². The van der Waals surface area contributed by atoms with E-state index in [9.17, 15) is 8.42 Å². The molecule has 0 amide bonds. The predicted molar refractivity (Wildman–Crippen MR) is 101 cm³/mol. The zero-order chi connectivity index (χ0) is 19.1. The van der Waals surface area contributed by atoms with E-state index in [0.29, 0.717) is 39.2 Å². The molecule has 2 aromatic heterocycles. The van der Waals surface area contributed by atoms with Gasteiger partial charge < -0.3 is 0 Å². The van der Waals surface area contributed by atoms with Crippen LogP contribution >= 0.6 is 23.2 Å². The molecule has 10 heteroatoms. The lowest BCUT2D eigenvalue weighted by Crippen LogP contribution is -2.14. The largest absolute Gasteiger partial charge is 0.276 e. The van der Waals surface area contributed by atoms with E-state index in [2.05, 4.69) is 14.9 Å². The number of anilines is 1. The van der Waals surface area contributed by atoms with Gasteiger partial charge in [0.2, 0.25) is 0 Å². The number of aromatic nitrogens is 4. The van der Waals surface area contributed by atoms with Crippen LogP contribution in [-0.4, -0.2) is 28.0 Å². The quantitative estimate of drug-likeness (QED) is 0.694. The minimum Gasteiger partial charge on any atom is -0.276 e. The Morgan fingerprint density at radius 3 is 2.42 bits per heavy atom. The second kappa shape index (κ2) is 6.94. The summed E-state index contributed by atoms with van der Waals surface area (Å²) in [5, 5.41) is 9.37. The van der Waals surface area contributed by atoms with Crippen LogP contribution in [0, 0.1) is 13.8 Å². The van der Waals surface area contributed by atoms with Gasteiger partial charge in [0.05, 0.1) is 29.8 Å². The van der Waals surface area contributed by atoms with Crippen molar-refractivity contribution in [2.45, 2.75) is 25.3 Å². The smallest absolute Gasteiger partial charge is 0.265 e. The van der Waals surface area contributed by atoms with Crippen LogP contribution in [0.3, 0.4) is 0 Å². The maximum absolute atomic E-state index is 12.7. The summed E-state index contributed by atoms with van der Waals surface area (Å²) in [4.78, 5) is 0.168. The summed E-state index contributed by atoms with van der Waals surface area (Å²) in [5.41, 5.74) is 2.06. The number of hydrogen-bond acceptors (Lipinski definition) is 4. The van der Waals surface area contributed by atoms with Crippen LogP contribution in [0.25, 0.3) is 0 Å². The van der Waals surface area contributed by atoms with Gasteiger partial charge in [0.25, 0.3) is 10.0 Å². The van der Waals surface area contributed by atoms with E-state index in [0.717, 1.165) is 0 Å². The molecule has 0 saturated heterocycles. The first kappa shape index (κ1) is 18.8. The van der Waals surface area contributed by atoms with Gasteiger partial charge in [-0.25, -0.2) is 8.42 Å². The first-order valence-electron chi connectivity index (χ1n) is 7.67. The molecule has 26 heavy (non-hydrogen) atoms. The average molecular weight is 414 g/mol. The third-order valence-electron chi connectivity index (χ3n) is 3.98. The number of aryl methyl sites for hydroxylation is 2. The van der Waals surface area contributed by atoms with Crippen LogP contribution in [0.1, 0.15) is 17.0 Å². The first-order valence-corrected chi connectivity index (χ1v) is 9.91. The molecule has 0 radical (unpaired) electrons. The van der Waals surface area contributed by atoms with Crippen LogP contribution in [-0.2, 0) is 23.6 Å². The third kappa shape index (κ3) is 3.58. The second-order valence-corrected chi connectivity index (χ2v) is 8.29. The van der Waals surface area contributed by atoms with Crippen molar-refractivity contribution < 1.29 is 8.42 Å². The minimum absolute atomic E-state index is 0.168. The molecular formula is C16H17Cl2N5O2S. The molecule has 0 spiro atoms. The molecule has 0 bridgehead atoms. The van der Waals surface area contributed by atoms with Crippen molar-refractivity contribution in [3.05, 3.63) is 57.6 Å². The Balaban J connectivity index is 1.84. The number of nitrogens with zero attached hydrogens (tertiary/aromatic N) is 4. The number of hydrogen-bond donors (Lipinski definition) is 1. The lowest BCUT2D eigenvalue weighted by Gasteiger charge is -2.07. The van der Waals surface area contributed by atoms with E-state index in [1.165, 1.54) is 10.9 Å². The van der Waals surface area contributed by atoms with Crippen molar-refractivity contribution in [2.24, 2.45) is 7.05 Å². The molecule has 1 N–H and O–H groups in total. The van der Waals surface area contributed by atoms with Crippen LogP contribution in [0.2, 0.25) is 10.0 Å². The van der Waals surface area contributed by atoms with Gasteiger partial charge in [0, 0.05) is 28.9 Å². The molecule has 0 saturated carbocycles. The first-order chi connectivity index (χ1) is 12.2. The van der Waals surface area contributed by atoms with Crippen LogP contribution in [0.15, 0.2) is 35.5 Å². The summed E-state index contributed by atoms with van der Waals surface area (Å²) in [6.45, 7) is 3.69. The Bertz CT molecular complexity index is 1050. The van der Waals surface area contributed by atoms with Crippen LogP contribution in [0.5, 0.6) is 0 Å². The maximum atomic E-state index is 12.7. The molecule has 0 aliphatic carbocycles. The lowest BCUT2D eigenvalue weighted by molar-refractivity contribution is 0.599. The van der Waals surface area contributed by atoms with Gasteiger partial charge in [-0.05, 0) is 26.0 Å². The Kier molecular flexibility index (Phi) is 5.01. The number of sulfonamides is 1. The molecular weight excluding hydrogens is 397 g/mol. The number of nitrogens with one attached hydrogen (secondary N) is 1. The predicted octanol–water partition coefficient (Wildman–Crippen LogP) is 3.39. The molecule has 7 nitrogen and oxygen atoms in total. The van der Waals surface area contributed by atoms with E-state index in [1.807, 2.05) is 0 Å². The van der Waals surface area contributed by atoms with Gasteiger partial charge in [0.15, 0.2) is 0 Å². The molecule has 1 aromatic carbocycles.